The van der Waals surface area contributed by atoms with Gasteiger partial charge in [0, 0.05) is 31.7 Å². The lowest BCUT2D eigenvalue weighted by atomic mass is 9.89. The van der Waals surface area contributed by atoms with Crippen LogP contribution in [0, 0.1) is 11.8 Å². The third-order valence-corrected chi connectivity index (χ3v) is 5.85. The van der Waals surface area contributed by atoms with E-state index in [1.807, 2.05) is 41.0 Å². The second kappa shape index (κ2) is 7.36. The van der Waals surface area contributed by atoms with E-state index in [1.54, 1.807) is 13.4 Å². The van der Waals surface area contributed by atoms with Crippen LogP contribution in [0.4, 0.5) is 5.69 Å². The number of rotatable bonds is 5. The van der Waals surface area contributed by atoms with Crippen molar-refractivity contribution in [2.24, 2.45) is 11.8 Å². The summed E-state index contributed by atoms with van der Waals surface area (Å²) in [6, 6.07) is 11.2. The van der Waals surface area contributed by atoms with Gasteiger partial charge in [-0.3, -0.25) is 9.69 Å². The first kappa shape index (κ1) is 17.9. The molecule has 150 valence electrons. The summed E-state index contributed by atoms with van der Waals surface area (Å²) < 4.78 is 12.6. The Morgan fingerprint density at radius 1 is 1.17 bits per heavy atom. The Kier molecular flexibility index (Phi) is 4.55. The van der Waals surface area contributed by atoms with Crippen LogP contribution in [-0.2, 0) is 19.5 Å². The number of hydrogen-bond acceptors (Lipinski definition) is 6. The highest BCUT2D eigenvalue weighted by atomic mass is 16.5. The van der Waals surface area contributed by atoms with Gasteiger partial charge >= 0.3 is 0 Å². The number of furan rings is 1. The van der Waals surface area contributed by atoms with Crippen molar-refractivity contribution in [3.8, 4) is 5.75 Å². The minimum absolute atomic E-state index is 0.238. The molecule has 0 spiro atoms. The number of carbonyl (C=O) groups excluding carboxylic acids is 1. The van der Waals surface area contributed by atoms with E-state index in [2.05, 4.69) is 20.4 Å². The predicted octanol–water partition coefficient (Wildman–Crippen LogP) is 2.44. The van der Waals surface area contributed by atoms with Gasteiger partial charge in [-0.2, -0.15) is 0 Å². The molecule has 4 heterocycles. The molecular weight excluding hydrogens is 370 g/mol. The highest BCUT2D eigenvalue weighted by Crippen LogP contribution is 2.33. The van der Waals surface area contributed by atoms with Crippen molar-refractivity contribution in [2.75, 3.05) is 25.5 Å². The first-order chi connectivity index (χ1) is 14.2. The summed E-state index contributed by atoms with van der Waals surface area (Å²) in [5, 5.41) is 11.4. The van der Waals surface area contributed by atoms with Crippen LogP contribution in [0.2, 0.25) is 0 Å². The zero-order valence-corrected chi connectivity index (χ0v) is 16.2. The van der Waals surface area contributed by atoms with Crippen LogP contribution < -0.4 is 10.1 Å². The fourth-order valence-corrected chi connectivity index (χ4v) is 4.40. The second-order valence-corrected chi connectivity index (χ2v) is 7.73. The molecule has 0 saturated carbocycles. The van der Waals surface area contributed by atoms with E-state index in [4.69, 9.17) is 9.15 Å². The smallest absolute Gasteiger partial charge is 0.293 e. The van der Waals surface area contributed by atoms with E-state index in [9.17, 15) is 4.79 Å². The number of ether oxygens (including phenoxy) is 1. The molecule has 2 aliphatic rings. The molecule has 1 aromatic carbocycles. The Morgan fingerprint density at radius 2 is 2.00 bits per heavy atom. The van der Waals surface area contributed by atoms with Gasteiger partial charge in [-0.25, -0.2) is 0 Å². The fraction of sp³-hybridized carbons (Fsp3) is 0.381. The van der Waals surface area contributed by atoms with E-state index in [0.29, 0.717) is 23.3 Å². The van der Waals surface area contributed by atoms with Gasteiger partial charge in [0.2, 0.25) is 5.82 Å². The Morgan fingerprint density at radius 3 is 2.76 bits per heavy atom. The summed E-state index contributed by atoms with van der Waals surface area (Å²) in [5.41, 5.74) is 0.701. The molecule has 1 saturated heterocycles. The van der Waals surface area contributed by atoms with E-state index in [0.717, 1.165) is 49.9 Å². The maximum atomic E-state index is 12.8. The van der Waals surface area contributed by atoms with Crippen molar-refractivity contribution in [1.29, 1.82) is 0 Å². The molecule has 1 fully saturated rings. The van der Waals surface area contributed by atoms with E-state index < -0.39 is 0 Å². The summed E-state index contributed by atoms with van der Waals surface area (Å²) >= 11 is 0. The number of nitrogens with one attached hydrogen (secondary N) is 1. The number of aromatic nitrogens is 3. The van der Waals surface area contributed by atoms with Gasteiger partial charge in [0.05, 0.1) is 19.9 Å². The van der Waals surface area contributed by atoms with Gasteiger partial charge < -0.3 is 19.0 Å². The van der Waals surface area contributed by atoms with Crippen LogP contribution >= 0.6 is 0 Å². The van der Waals surface area contributed by atoms with E-state index in [-0.39, 0.29) is 5.91 Å². The average Bonchev–Trinajstić information content (AvgIpc) is 3.46. The van der Waals surface area contributed by atoms with Crippen LogP contribution in [0.25, 0.3) is 0 Å². The molecule has 2 atom stereocenters. The highest BCUT2D eigenvalue weighted by molar-refractivity contribution is 6.01. The molecule has 2 aliphatic heterocycles. The molecule has 2 aromatic heterocycles. The lowest BCUT2D eigenvalue weighted by Crippen LogP contribution is -2.31. The standard InChI is InChI=1S/C21H23N5O3/c1-28-17-6-4-16(5-7-17)22-21(27)20-24-23-19-9-14-10-25(11-15(14)12-26(19)20)13-18-3-2-8-29-18/h2-8,14-15H,9-13H2,1H3,(H,22,27). The molecule has 0 radical (unpaired) electrons. The number of nitrogens with zero attached hydrogens (tertiary/aromatic N) is 4. The number of methoxy groups -OCH3 is 1. The molecule has 29 heavy (non-hydrogen) atoms. The molecule has 8 nitrogen and oxygen atoms in total. The summed E-state index contributed by atoms with van der Waals surface area (Å²) in [6.45, 7) is 3.60. The van der Waals surface area contributed by atoms with Crippen molar-refractivity contribution >= 4 is 11.6 Å². The van der Waals surface area contributed by atoms with Gasteiger partial charge in [-0.15, -0.1) is 10.2 Å². The lowest BCUT2D eigenvalue weighted by Gasteiger charge is -2.25. The number of hydrogen-bond donors (Lipinski definition) is 1. The number of anilines is 1. The first-order valence-corrected chi connectivity index (χ1v) is 9.82. The lowest BCUT2D eigenvalue weighted by molar-refractivity contribution is 0.100. The fourth-order valence-electron chi connectivity index (χ4n) is 4.40. The van der Waals surface area contributed by atoms with Crippen LogP contribution in [0.15, 0.2) is 47.1 Å². The molecular formula is C21H23N5O3. The van der Waals surface area contributed by atoms with Crippen molar-refractivity contribution in [3.05, 3.63) is 60.1 Å². The Bertz CT molecular complexity index is 996. The Hall–Kier alpha value is -3.13. The molecule has 0 aliphatic carbocycles. The zero-order chi connectivity index (χ0) is 19.8. The number of benzene rings is 1. The molecule has 3 aromatic rings. The number of carbonyl (C=O) groups is 1. The molecule has 1 N–H and O–H groups in total. The maximum Gasteiger partial charge on any atom is 0.293 e. The summed E-state index contributed by atoms with van der Waals surface area (Å²) in [7, 11) is 1.61. The third-order valence-electron chi connectivity index (χ3n) is 5.85. The quantitative estimate of drug-likeness (QED) is 0.717. The summed E-state index contributed by atoms with van der Waals surface area (Å²) in [5.74, 6) is 3.79. The summed E-state index contributed by atoms with van der Waals surface area (Å²) in [4.78, 5) is 15.2. The third kappa shape index (κ3) is 3.51. The normalized spacial score (nSPS) is 20.9. The Balaban J connectivity index is 1.27. The Labute approximate surface area is 168 Å². The van der Waals surface area contributed by atoms with Gasteiger partial charge in [0.1, 0.15) is 17.3 Å². The molecule has 5 rings (SSSR count). The van der Waals surface area contributed by atoms with Crippen LogP contribution in [-0.4, -0.2) is 45.8 Å². The summed E-state index contributed by atoms with van der Waals surface area (Å²) in [6.07, 6.45) is 2.57. The van der Waals surface area contributed by atoms with E-state index >= 15 is 0 Å². The molecule has 8 heteroatoms. The predicted molar refractivity (Wildman–Crippen MR) is 106 cm³/mol. The van der Waals surface area contributed by atoms with E-state index in [1.165, 1.54) is 0 Å². The number of amides is 1. The van der Waals surface area contributed by atoms with Gasteiger partial charge in [0.25, 0.3) is 5.91 Å². The van der Waals surface area contributed by atoms with Crippen molar-refractivity contribution in [1.82, 2.24) is 19.7 Å². The topological polar surface area (TPSA) is 85.4 Å². The van der Waals surface area contributed by atoms with Crippen LogP contribution in [0.1, 0.15) is 22.2 Å². The number of fused-ring (bicyclic) bond motifs is 2. The van der Waals surface area contributed by atoms with Crippen molar-refractivity contribution in [2.45, 2.75) is 19.5 Å². The highest BCUT2D eigenvalue weighted by Gasteiger charge is 2.39. The van der Waals surface area contributed by atoms with Gasteiger partial charge in [-0.05, 0) is 48.2 Å². The number of likely N-dealkylation sites (tertiary alicyclic amines) is 1. The molecule has 1 amide bonds. The van der Waals surface area contributed by atoms with Crippen molar-refractivity contribution in [3.63, 3.8) is 0 Å². The van der Waals surface area contributed by atoms with Gasteiger partial charge in [0.15, 0.2) is 0 Å². The van der Waals surface area contributed by atoms with Crippen LogP contribution in [0.3, 0.4) is 0 Å². The minimum atomic E-state index is -0.238. The molecule has 2 unspecified atom stereocenters. The molecule has 0 bridgehead atoms. The van der Waals surface area contributed by atoms with Gasteiger partial charge in [-0.1, -0.05) is 0 Å². The average molecular weight is 393 g/mol. The van der Waals surface area contributed by atoms with Crippen LogP contribution in [0.5, 0.6) is 5.75 Å². The zero-order valence-electron chi connectivity index (χ0n) is 16.2. The van der Waals surface area contributed by atoms with Crippen molar-refractivity contribution < 1.29 is 13.9 Å². The maximum absolute atomic E-state index is 12.8. The minimum Gasteiger partial charge on any atom is -0.497 e. The first-order valence-electron chi connectivity index (χ1n) is 9.82. The monoisotopic (exact) mass is 393 g/mol. The second-order valence-electron chi connectivity index (χ2n) is 7.73. The SMILES string of the molecule is COc1ccc(NC(=O)c2nnc3n2CC2CN(Cc4ccco4)CC2C3)cc1. The largest absolute Gasteiger partial charge is 0.497 e.